The second-order valence-electron chi connectivity index (χ2n) is 3.57. The van der Waals surface area contributed by atoms with Crippen LogP contribution in [0.15, 0.2) is 24.3 Å². The van der Waals surface area contributed by atoms with Gasteiger partial charge < -0.3 is 0 Å². The van der Waals surface area contributed by atoms with Crippen LogP contribution < -0.4 is 0 Å². The molecule has 0 saturated heterocycles. The van der Waals surface area contributed by atoms with Gasteiger partial charge in [0.15, 0.2) is 0 Å². The summed E-state index contributed by atoms with van der Waals surface area (Å²) < 4.78 is 0. The average Bonchev–Trinajstić information content (AvgIpc) is 2.96. The topological polar surface area (TPSA) is 43.1 Å². The predicted octanol–water partition coefficient (Wildman–Crippen LogP) is 3.09. The van der Waals surface area contributed by atoms with Gasteiger partial charge in [-0.05, 0) is 18.3 Å². The maximum atomic E-state index is 10.7. The number of alkyl halides is 1. The Kier molecular flexibility index (Phi) is 2.54. The summed E-state index contributed by atoms with van der Waals surface area (Å²) in [7, 11) is 0. The summed E-state index contributed by atoms with van der Waals surface area (Å²) in [5.74, 6) is 0.965. The molecule has 0 amide bonds. The number of nitro groups is 1. The molecule has 1 saturated carbocycles. The molecule has 0 radical (unpaired) electrons. The zero-order valence-corrected chi connectivity index (χ0v) is 9.11. The largest absolute Gasteiger partial charge is 0.272 e. The predicted molar refractivity (Wildman–Crippen MR) is 57.7 cm³/mol. The molecule has 0 heterocycles. The maximum Gasteiger partial charge on any atom is 0.272 e. The molecule has 2 rings (SSSR count). The van der Waals surface area contributed by atoms with Crippen LogP contribution in [-0.4, -0.2) is 10.3 Å². The standard InChI is InChI=1S/C10H10BrNO2/c11-6-7-5-9(7)8-3-1-2-4-10(8)12(13)14/h1-4,7,9H,5-6H2. The maximum absolute atomic E-state index is 10.7. The first-order valence-corrected chi connectivity index (χ1v) is 5.65. The number of para-hydroxylation sites is 1. The van der Waals surface area contributed by atoms with E-state index in [9.17, 15) is 10.1 Å². The third kappa shape index (κ3) is 1.66. The van der Waals surface area contributed by atoms with E-state index >= 15 is 0 Å². The smallest absolute Gasteiger partial charge is 0.258 e. The minimum absolute atomic E-state index is 0.265. The lowest BCUT2D eigenvalue weighted by atomic mass is 10.1. The summed E-state index contributed by atoms with van der Waals surface area (Å²) in [6.45, 7) is 0. The number of benzene rings is 1. The van der Waals surface area contributed by atoms with Crippen molar-refractivity contribution in [2.45, 2.75) is 12.3 Å². The van der Waals surface area contributed by atoms with Crippen molar-refractivity contribution in [1.29, 1.82) is 0 Å². The molecule has 1 aliphatic carbocycles. The zero-order chi connectivity index (χ0) is 10.1. The second kappa shape index (κ2) is 3.69. The third-order valence-electron chi connectivity index (χ3n) is 2.65. The molecular formula is C10H10BrNO2. The Balaban J connectivity index is 2.29. The van der Waals surface area contributed by atoms with Gasteiger partial charge in [-0.25, -0.2) is 0 Å². The van der Waals surface area contributed by atoms with E-state index in [1.165, 1.54) is 0 Å². The van der Waals surface area contributed by atoms with Crippen molar-refractivity contribution in [3.8, 4) is 0 Å². The van der Waals surface area contributed by atoms with Gasteiger partial charge in [-0.3, -0.25) is 10.1 Å². The van der Waals surface area contributed by atoms with E-state index in [2.05, 4.69) is 15.9 Å². The SMILES string of the molecule is O=[N+]([O-])c1ccccc1C1CC1CBr. The van der Waals surface area contributed by atoms with Crippen LogP contribution in [-0.2, 0) is 0 Å². The van der Waals surface area contributed by atoms with E-state index in [0.29, 0.717) is 11.8 Å². The van der Waals surface area contributed by atoms with Crippen molar-refractivity contribution in [3.05, 3.63) is 39.9 Å². The first kappa shape index (κ1) is 9.65. The van der Waals surface area contributed by atoms with Gasteiger partial charge in [0.1, 0.15) is 0 Å². The first-order chi connectivity index (χ1) is 6.74. The quantitative estimate of drug-likeness (QED) is 0.473. The lowest BCUT2D eigenvalue weighted by Crippen LogP contribution is -1.94. The Bertz CT molecular complexity index is 367. The Labute approximate surface area is 90.4 Å². The van der Waals surface area contributed by atoms with Gasteiger partial charge >= 0.3 is 0 Å². The van der Waals surface area contributed by atoms with Crippen molar-refractivity contribution in [2.24, 2.45) is 5.92 Å². The highest BCUT2D eigenvalue weighted by Crippen LogP contribution is 2.50. The van der Waals surface area contributed by atoms with E-state index in [4.69, 9.17) is 0 Å². The fourth-order valence-electron chi connectivity index (χ4n) is 1.77. The van der Waals surface area contributed by atoms with Crippen LogP contribution in [0.2, 0.25) is 0 Å². The van der Waals surface area contributed by atoms with Crippen LogP contribution in [0, 0.1) is 16.0 Å². The van der Waals surface area contributed by atoms with Crippen molar-refractivity contribution in [1.82, 2.24) is 0 Å². The van der Waals surface area contributed by atoms with E-state index in [1.54, 1.807) is 12.1 Å². The number of nitro benzene ring substituents is 1. The fraction of sp³-hybridized carbons (Fsp3) is 0.400. The molecule has 0 spiro atoms. The Morgan fingerprint density at radius 3 is 2.79 bits per heavy atom. The molecular weight excluding hydrogens is 246 g/mol. The highest BCUT2D eigenvalue weighted by atomic mass is 79.9. The summed E-state index contributed by atoms with van der Waals surface area (Å²) in [5, 5.41) is 11.7. The second-order valence-corrected chi connectivity index (χ2v) is 4.22. The Hall–Kier alpha value is -0.900. The van der Waals surface area contributed by atoms with Gasteiger partial charge in [0, 0.05) is 17.0 Å². The third-order valence-corrected chi connectivity index (χ3v) is 3.49. The summed E-state index contributed by atoms with van der Waals surface area (Å²) in [4.78, 5) is 10.5. The van der Waals surface area contributed by atoms with Gasteiger partial charge in [0.2, 0.25) is 0 Å². The van der Waals surface area contributed by atoms with Gasteiger partial charge in [0.25, 0.3) is 5.69 Å². The lowest BCUT2D eigenvalue weighted by Gasteiger charge is -2.00. The average molecular weight is 256 g/mol. The van der Waals surface area contributed by atoms with Crippen LogP contribution in [0.5, 0.6) is 0 Å². The van der Waals surface area contributed by atoms with Crippen LogP contribution in [0.4, 0.5) is 5.69 Å². The molecule has 0 bridgehead atoms. The van der Waals surface area contributed by atoms with E-state index < -0.39 is 0 Å². The molecule has 74 valence electrons. The molecule has 2 atom stereocenters. The summed E-state index contributed by atoms with van der Waals surface area (Å²) in [6, 6.07) is 7.03. The molecule has 14 heavy (non-hydrogen) atoms. The number of hydrogen-bond acceptors (Lipinski definition) is 2. The molecule has 1 fully saturated rings. The molecule has 1 aromatic rings. The van der Waals surface area contributed by atoms with Crippen molar-refractivity contribution < 1.29 is 4.92 Å². The monoisotopic (exact) mass is 255 g/mol. The summed E-state index contributed by atoms with van der Waals surface area (Å²) >= 11 is 3.41. The van der Waals surface area contributed by atoms with E-state index in [-0.39, 0.29) is 10.6 Å². The molecule has 3 nitrogen and oxygen atoms in total. The van der Waals surface area contributed by atoms with Crippen LogP contribution in [0.3, 0.4) is 0 Å². The molecule has 4 heteroatoms. The Morgan fingerprint density at radius 1 is 1.50 bits per heavy atom. The first-order valence-electron chi connectivity index (χ1n) is 4.53. The van der Waals surface area contributed by atoms with Gasteiger partial charge in [0.05, 0.1) is 4.92 Å². The highest BCUT2D eigenvalue weighted by Gasteiger charge is 2.40. The van der Waals surface area contributed by atoms with Gasteiger partial charge in [-0.15, -0.1) is 0 Å². The molecule has 1 aliphatic rings. The normalized spacial score (nSPS) is 24.6. The molecule has 1 aromatic carbocycles. The minimum Gasteiger partial charge on any atom is -0.258 e. The van der Waals surface area contributed by atoms with Crippen molar-refractivity contribution in [2.75, 3.05) is 5.33 Å². The number of hydrogen-bond donors (Lipinski definition) is 0. The van der Waals surface area contributed by atoms with Crippen LogP contribution in [0.1, 0.15) is 17.9 Å². The number of rotatable bonds is 3. The molecule has 0 aliphatic heterocycles. The van der Waals surface area contributed by atoms with Crippen LogP contribution in [0.25, 0.3) is 0 Å². The van der Waals surface area contributed by atoms with Gasteiger partial charge in [-0.2, -0.15) is 0 Å². The zero-order valence-electron chi connectivity index (χ0n) is 7.52. The lowest BCUT2D eigenvalue weighted by molar-refractivity contribution is -0.385. The van der Waals surface area contributed by atoms with Gasteiger partial charge in [-0.1, -0.05) is 34.1 Å². The summed E-state index contributed by atoms with van der Waals surface area (Å²) in [5.41, 5.74) is 1.16. The van der Waals surface area contributed by atoms with Crippen LogP contribution >= 0.6 is 15.9 Å². The van der Waals surface area contributed by atoms with Crippen molar-refractivity contribution >= 4 is 21.6 Å². The molecule has 2 unspecified atom stereocenters. The number of halogens is 1. The fourth-order valence-corrected chi connectivity index (χ4v) is 2.48. The highest BCUT2D eigenvalue weighted by molar-refractivity contribution is 9.09. The van der Waals surface area contributed by atoms with E-state index in [0.717, 1.165) is 17.3 Å². The number of nitrogens with zero attached hydrogens (tertiary/aromatic N) is 1. The molecule has 0 aromatic heterocycles. The Morgan fingerprint density at radius 2 is 2.21 bits per heavy atom. The molecule has 0 N–H and O–H groups in total. The van der Waals surface area contributed by atoms with E-state index in [1.807, 2.05) is 12.1 Å². The summed E-state index contributed by atoms with van der Waals surface area (Å²) in [6.07, 6.45) is 1.07. The minimum atomic E-state index is -0.293. The van der Waals surface area contributed by atoms with Crippen molar-refractivity contribution in [3.63, 3.8) is 0 Å².